The first kappa shape index (κ1) is 14.2. The Bertz CT molecular complexity index is 908. The summed E-state index contributed by atoms with van der Waals surface area (Å²) in [5.41, 5.74) is 10.7. The van der Waals surface area contributed by atoms with E-state index in [0.29, 0.717) is 10.6 Å². The lowest BCUT2D eigenvalue weighted by atomic mass is 10.0. The second-order valence-corrected chi connectivity index (χ2v) is 7.08. The topological polar surface area (TPSA) is 68.4 Å². The summed E-state index contributed by atoms with van der Waals surface area (Å²) in [5.74, 6) is 0. The van der Waals surface area contributed by atoms with Crippen LogP contribution in [-0.2, 0) is 19.5 Å². The highest BCUT2D eigenvalue weighted by Crippen LogP contribution is 2.31. The van der Waals surface area contributed by atoms with Crippen molar-refractivity contribution < 1.29 is 9.88 Å². The van der Waals surface area contributed by atoms with Gasteiger partial charge in [0.25, 0.3) is 4.83 Å². The molecule has 0 aliphatic carbocycles. The second-order valence-electron chi connectivity index (χ2n) is 6.06. The predicted molar refractivity (Wildman–Crippen MR) is 90.9 cm³/mol. The maximum Gasteiger partial charge on any atom is 0.270 e. The molecular weight excluding hydrogens is 304 g/mol. The second kappa shape index (κ2) is 5.65. The van der Waals surface area contributed by atoms with Crippen molar-refractivity contribution in [2.45, 2.75) is 19.5 Å². The van der Waals surface area contributed by atoms with Gasteiger partial charge in [-0.1, -0.05) is 41.7 Å². The number of anilines is 1. The monoisotopic (exact) mass is 322 g/mol. The molecule has 2 aromatic heterocycles. The first-order chi connectivity index (χ1) is 11.2. The number of nitrogens with two attached hydrogens (primary N) is 1. The van der Waals surface area contributed by atoms with E-state index in [0.717, 1.165) is 36.3 Å². The molecule has 4 rings (SSSR count). The third-order valence-corrected chi connectivity index (χ3v) is 5.56. The standard InChI is InChI=1S/C18H16N4S/c19-9-16-17(20)14-8-13-11-22(10-12-4-2-1-3-5-12)7-6-15(13)21-18(14)23-16/h1-5,8H,6-7,10-11,20H2/p+2. The van der Waals surface area contributed by atoms with E-state index in [2.05, 4.69) is 47.5 Å². The van der Waals surface area contributed by atoms with Gasteiger partial charge in [-0.15, -0.1) is 0 Å². The third kappa shape index (κ3) is 2.56. The largest absolute Gasteiger partial charge is 0.396 e. The molecule has 114 valence electrons. The van der Waals surface area contributed by atoms with Gasteiger partial charge >= 0.3 is 0 Å². The maximum absolute atomic E-state index is 9.15. The van der Waals surface area contributed by atoms with Crippen LogP contribution in [0.2, 0.25) is 0 Å². The predicted octanol–water partition coefficient (Wildman–Crippen LogP) is 1.31. The van der Waals surface area contributed by atoms with Gasteiger partial charge in [-0.3, -0.25) is 0 Å². The average Bonchev–Trinajstić information content (AvgIpc) is 2.89. The number of rotatable bonds is 2. The summed E-state index contributed by atoms with van der Waals surface area (Å²) in [6.07, 6.45) is 1.03. The molecule has 1 aromatic carbocycles. The molecule has 3 aromatic rings. The fourth-order valence-corrected chi connectivity index (χ4v) is 4.25. The Balaban J connectivity index is 1.65. The molecule has 5 heteroatoms. The SMILES string of the molecule is N#Cc1sc2[nH+]c3c(cc2c1N)C[NH+](Cc1ccccc1)CC3. The highest BCUT2D eigenvalue weighted by molar-refractivity contribution is 7.19. The van der Waals surface area contributed by atoms with Gasteiger partial charge in [0.2, 0.25) is 0 Å². The summed E-state index contributed by atoms with van der Waals surface area (Å²) in [5, 5.41) is 10.1. The summed E-state index contributed by atoms with van der Waals surface area (Å²) in [4.78, 5) is 6.68. The number of nitriles is 1. The van der Waals surface area contributed by atoms with Gasteiger partial charge in [-0.25, -0.2) is 0 Å². The molecule has 0 fully saturated rings. The van der Waals surface area contributed by atoms with Crippen molar-refractivity contribution in [1.29, 1.82) is 5.26 Å². The van der Waals surface area contributed by atoms with Gasteiger partial charge in [-0.2, -0.15) is 10.2 Å². The summed E-state index contributed by atoms with van der Waals surface area (Å²) in [7, 11) is 0. The summed E-state index contributed by atoms with van der Waals surface area (Å²) < 4.78 is 0. The van der Waals surface area contributed by atoms with Crippen LogP contribution in [-0.4, -0.2) is 6.54 Å². The Morgan fingerprint density at radius 2 is 2.13 bits per heavy atom. The third-order valence-electron chi connectivity index (χ3n) is 4.52. The number of aromatic nitrogens is 1. The smallest absolute Gasteiger partial charge is 0.270 e. The number of benzene rings is 1. The van der Waals surface area contributed by atoms with Crippen LogP contribution in [0.4, 0.5) is 5.69 Å². The number of fused-ring (bicyclic) bond motifs is 2. The molecule has 23 heavy (non-hydrogen) atoms. The van der Waals surface area contributed by atoms with E-state index in [4.69, 9.17) is 11.0 Å². The van der Waals surface area contributed by atoms with E-state index in [1.165, 1.54) is 28.2 Å². The Morgan fingerprint density at radius 1 is 1.30 bits per heavy atom. The molecule has 1 aliphatic rings. The van der Waals surface area contributed by atoms with Crippen LogP contribution in [0.3, 0.4) is 0 Å². The Labute approximate surface area is 138 Å². The molecule has 0 bridgehead atoms. The first-order valence-electron chi connectivity index (χ1n) is 7.78. The van der Waals surface area contributed by atoms with Crippen molar-refractivity contribution in [3.63, 3.8) is 0 Å². The number of nitrogens with zero attached hydrogens (tertiary/aromatic N) is 1. The van der Waals surface area contributed by atoms with Crippen molar-refractivity contribution in [2.75, 3.05) is 12.3 Å². The van der Waals surface area contributed by atoms with Crippen LogP contribution >= 0.6 is 11.3 Å². The van der Waals surface area contributed by atoms with E-state index < -0.39 is 0 Å². The van der Waals surface area contributed by atoms with Gasteiger partial charge in [-0.05, 0) is 6.07 Å². The molecule has 0 saturated heterocycles. The van der Waals surface area contributed by atoms with Crippen molar-refractivity contribution in [3.05, 3.63) is 58.1 Å². The molecule has 3 heterocycles. The molecule has 1 aliphatic heterocycles. The van der Waals surface area contributed by atoms with Crippen LogP contribution < -0.4 is 15.6 Å². The van der Waals surface area contributed by atoms with Crippen LogP contribution in [0.25, 0.3) is 10.2 Å². The molecule has 0 amide bonds. The summed E-state index contributed by atoms with van der Waals surface area (Å²) in [6, 6.07) is 15.0. The zero-order valence-corrected chi connectivity index (χ0v) is 13.5. The van der Waals surface area contributed by atoms with Crippen molar-refractivity contribution >= 4 is 27.2 Å². The number of nitrogens with one attached hydrogen (secondary N) is 2. The van der Waals surface area contributed by atoms with Gasteiger partial charge in [0, 0.05) is 5.56 Å². The van der Waals surface area contributed by atoms with E-state index in [-0.39, 0.29) is 0 Å². The molecule has 0 radical (unpaired) electrons. The van der Waals surface area contributed by atoms with Crippen LogP contribution in [0, 0.1) is 11.3 Å². The highest BCUT2D eigenvalue weighted by Gasteiger charge is 2.27. The lowest BCUT2D eigenvalue weighted by Crippen LogP contribution is -3.10. The van der Waals surface area contributed by atoms with E-state index in [9.17, 15) is 0 Å². The average molecular weight is 322 g/mol. The van der Waals surface area contributed by atoms with Gasteiger partial charge < -0.3 is 10.6 Å². The van der Waals surface area contributed by atoms with E-state index in [1.54, 1.807) is 4.90 Å². The minimum Gasteiger partial charge on any atom is -0.396 e. The normalized spacial score (nSPS) is 16.9. The summed E-state index contributed by atoms with van der Waals surface area (Å²) in [6.45, 7) is 3.16. The molecule has 1 unspecified atom stereocenters. The minimum absolute atomic E-state index is 0.604. The fourth-order valence-electron chi connectivity index (χ4n) is 3.33. The van der Waals surface area contributed by atoms with Gasteiger partial charge in [0.15, 0.2) is 5.69 Å². The van der Waals surface area contributed by atoms with Crippen molar-refractivity contribution in [2.24, 2.45) is 0 Å². The lowest BCUT2D eigenvalue weighted by molar-refractivity contribution is -0.930. The highest BCUT2D eigenvalue weighted by atomic mass is 32.1. The molecule has 4 nitrogen and oxygen atoms in total. The number of H-pyrrole nitrogens is 1. The molecule has 0 spiro atoms. The maximum atomic E-state index is 9.15. The molecule has 4 N–H and O–H groups in total. The number of aromatic amines is 1. The Morgan fingerprint density at radius 3 is 2.91 bits per heavy atom. The summed E-state index contributed by atoms with van der Waals surface area (Å²) >= 11 is 1.45. The fraction of sp³-hybridized carbons (Fsp3) is 0.222. The molecular formula is C18H18N4S+2. The van der Waals surface area contributed by atoms with Crippen molar-refractivity contribution in [1.82, 2.24) is 0 Å². The zero-order chi connectivity index (χ0) is 15.8. The number of thiophene rings is 1. The van der Waals surface area contributed by atoms with E-state index in [1.807, 2.05) is 0 Å². The molecule has 1 atom stereocenters. The number of nitrogen functional groups attached to an aromatic ring is 1. The number of hydrogen-bond acceptors (Lipinski definition) is 3. The van der Waals surface area contributed by atoms with Crippen LogP contribution in [0.5, 0.6) is 0 Å². The zero-order valence-electron chi connectivity index (χ0n) is 12.7. The quantitative estimate of drug-likeness (QED) is 0.747. The lowest BCUT2D eigenvalue weighted by Gasteiger charge is -2.23. The van der Waals surface area contributed by atoms with Gasteiger partial charge in [0.1, 0.15) is 24.0 Å². The van der Waals surface area contributed by atoms with Gasteiger partial charge in [0.05, 0.1) is 29.6 Å². The molecule has 0 saturated carbocycles. The number of hydrogen-bond donors (Lipinski definition) is 2. The van der Waals surface area contributed by atoms with Crippen LogP contribution in [0.15, 0.2) is 36.4 Å². The Kier molecular flexibility index (Phi) is 3.49. The minimum atomic E-state index is 0.604. The Hall–Kier alpha value is -2.42. The van der Waals surface area contributed by atoms with E-state index >= 15 is 0 Å². The first-order valence-corrected chi connectivity index (χ1v) is 8.60. The van der Waals surface area contributed by atoms with Crippen molar-refractivity contribution in [3.8, 4) is 6.07 Å². The number of quaternary nitrogens is 1. The number of pyridine rings is 1. The van der Waals surface area contributed by atoms with Crippen LogP contribution in [0.1, 0.15) is 21.7 Å².